The minimum Gasteiger partial charge on any atom is -0.480 e. The summed E-state index contributed by atoms with van der Waals surface area (Å²) in [4.78, 5) is 10.6. The zero-order valence-corrected chi connectivity index (χ0v) is 12.7. The standard InChI is InChI=1S/C12H24O7S/c1-3-12(7-13,8-14)9-19-5-4-6-20(17,18)10(2)11(15)16/h10,13-14H,3-9H2,1-2H3,(H,15,16). The van der Waals surface area contributed by atoms with Crippen LogP contribution in [-0.4, -0.2) is 67.1 Å². The fourth-order valence-electron chi connectivity index (χ4n) is 1.45. The van der Waals surface area contributed by atoms with Crippen molar-refractivity contribution in [1.29, 1.82) is 0 Å². The van der Waals surface area contributed by atoms with Gasteiger partial charge in [0.25, 0.3) is 0 Å². The van der Waals surface area contributed by atoms with Gasteiger partial charge in [0.15, 0.2) is 15.1 Å². The van der Waals surface area contributed by atoms with Crippen molar-refractivity contribution < 1.29 is 33.3 Å². The van der Waals surface area contributed by atoms with Crippen LogP contribution in [0.2, 0.25) is 0 Å². The maximum absolute atomic E-state index is 11.6. The molecule has 0 heterocycles. The Bertz CT molecular complexity index is 378. The van der Waals surface area contributed by atoms with Crippen LogP contribution in [0, 0.1) is 5.41 Å². The van der Waals surface area contributed by atoms with Crippen molar-refractivity contribution >= 4 is 15.8 Å². The van der Waals surface area contributed by atoms with E-state index in [9.17, 15) is 23.4 Å². The van der Waals surface area contributed by atoms with Crippen molar-refractivity contribution in [3.8, 4) is 0 Å². The summed E-state index contributed by atoms with van der Waals surface area (Å²) in [5.41, 5.74) is -0.715. The van der Waals surface area contributed by atoms with Crippen LogP contribution < -0.4 is 0 Å². The molecule has 7 nitrogen and oxygen atoms in total. The lowest BCUT2D eigenvalue weighted by atomic mass is 9.88. The van der Waals surface area contributed by atoms with Crippen molar-refractivity contribution in [2.24, 2.45) is 5.41 Å². The van der Waals surface area contributed by atoms with Crippen LogP contribution in [0.1, 0.15) is 26.7 Å². The second kappa shape index (κ2) is 8.56. The number of aliphatic hydroxyl groups excluding tert-OH is 2. The Kier molecular flexibility index (Phi) is 8.26. The molecule has 1 unspecified atom stereocenters. The van der Waals surface area contributed by atoms with Crippen molar-refractivity contribution in [3.63, 3.8) is 0 Å². The normalized spacial score (nSPS) is 14.2. The molecule has 0 rings (SSSR count). The molecule has 0 aliphatic heterocycles. The first-order valence-electron chi connectivity index (χ1n) is 6.48. The van der Waals surface area contributed by atoms with E-state index < -0.39 is 26.5 Å². The van der Waals surface area contributed by atoms with E-state index in [2.05, 4.69) is 0 Å². The number of carboxylic acid groups (broad SMARTS) is 1. The van der Waals surface area contributed by atoms with Gasteiger partial charge in [0.1, 0.15) is 0 Å². The Balaban J connectivity index is 4.13. The summed E-state index contributed by atoms with van der Waals surface area (Å²) in [7, 11) is -3.67. The number of sulfone groups is 1. The molecule has 0 bridgehead atoms. The van der Waals surface area contributed by atoms with Crippen molar-refractivity contribution in [2.75, 3.05) is 32.2 Å². The Hall–Kier alpha value is -0.700. The summed E-state index contributed by atoms with van der Waals surface area (Å²) >= 11 is 0. The highest BCUT2D eigenvalue weighted by Crippen LogP contribution is 2.20. The number of carboxylic acids is 1. The van der Waals surface area contributed by atoms with E-state index >= 15 is 0 Å². The highest BCUT2D eigenvalue weighted by Gasteiger charge is 2.28. The number of carbonyl (C=O) groups is 1. The second-order valence-corrected chi connectivity index (χ2v) is 7.36. The number of aliphatic hydroxyl groups is 2. The van der Waals surface area contributed by atoms with Crippen LogP contribution in [-0.2, 0) is 19.4 Å². The number of hydrogen-bond acceptors (Lipinski definition) is 6. The lowest BCUT2D eigenvalue weighted by Gasteiger charge is -2.27. The lowest BCUT2D eigenvalue weighted by Crippen LogP contribution is -2.35. The average Bonchev–Trinajstić information content (AvgIpc) is 2.42. The predicted molar refractivity (Wildman–Crippen MR) is 73.2 cm³/mol. The van der Waals surface area contributed by atoms with Gasteiger partial charge < -0.3 is 20.1 Å². The molecule has 1 atom stereocenters. The number of aliphatic carboxylic acids is 1. The number of ether oxygens (including phenoxy) is 1. The van der Waals surface area contributed by atoms with Gasteiger partial charge in [-0.2, -0.15) is 0 Å². The number of hydrogen-bond donors (Lipinski definition) is 3. The minimum absolute atomic E-state index is 0.130. The van der Waals surface area contributed by atoms with Crippen molar-refractivity contribution in [2.45, 2.75) is 31.9 Å². The largest absolute Gasteiger partial charge is 0.480 e. The van der Waals surface area contributed by atoms with Gasteiger partial charge in [-0.15, -0.1) is 0 Å². The molecule has 0 aliphatic rings. The van der Waals surface area contributed by atoms with E-state index in [-0.39, 0.29) is 38.6 Å². The fraction of sp³-hybridized carbons (Fsp3) is 0.917. The molecule has 120 valence electrons. The molecule has 0 fully saturated rings. The summed E-state index contributed by atoms with van der Waals surface area (Å²) in [5, 5.41) is 25.6. The van der Waals surface area contributed by atoms with Gasteiger partial charge in [0.2, 0.25) is 0 Å². The highest BCUT2D eigenvalue weighted by molar-refractivity contribution is 7.92. The van der Waals surface area contributed by atoms with E-state index in [0.29, 0.717) is 6.42 Å². The molecule has 0 aromatic carbocycles. The third-order valence-electron chi connectivity index (χ3n) is 3.43. The Morgan fingerprint density at radius 1 is 1.30 bits per heavy atom. The monoisotopic (exact) mass is 312 g/mol. The minimum atomic E-state index is -3.67. The molecule has 20 heavy (non-hydrogen) atoms. The average molecular weight is 312 g/mol. The first-order valence-corrected chi connectivity index (χ1v) is 8.20. The van der Waals surface area contributed by atoms with E-state index in [1.54, 1.807) is 0 Å². The summed E-state index contributed by atoms with van der Waals surface area (Å²) in [6.07, 6.45) is 0.713. The molecular formula is C12H24O7S. The molecule has 0 spiro atoms. The zero-order valence-electron chi connectivity index (χ0n) is 11.9. The smallest absolute Gasteiger partial charge is 0.321 e. The molecule has 8 heteroatoms. The van der Waals surface area contributed by atoms with Gasteiger partial charge in [-0.1, -0.05) is 6.92 Å². The van der Waals surface area contributed by atoms with Gasteiger partial charge in [-0.3, -0.25) is 4.79 Å². The molecule has 0 aliphatic carbocycles. The first-order chi connectivity index (χ1) is 9.24. The van der Waals surface area contributed by atoms with Gasteiger partial charge in [0.05, 0.1) is 25.6 Å². The summed E-state index contributed by atoms with van der Waals surface area (Å²) in [5.74, 6) is -1.63. The predicted octanol–water partition coefficient (Wildman–Crippen LogP) is -0.338. The van der Waals surface area contributed by atoms with E-state index in [4.69, 9.17) is 9.84 Å². The van der Waals surface area contributed by atoms with Crippen LogP contribution in [0.15, 0.2) is 0 Å². The SMILES string of the molecule is CCC(CO)(CO)COCCCS(=O)(=O)C(C)C(=O)O. The fourth-order valence-corrected chi connectivity index (χ4v) is 2.63. The first kappa shape index (κ1) is 19.3. The quantitative estimate of drug-likeness (QED) is 0.446. The second-order valence-electron chi connectivity index (χ2n) is 4.92. The van der Waals surface area contributed by atoms with Crippen LogP contribution in [0.5, 0.6) is 0 Å². The van der Waals surface area contributed by atoms with Crippen LogP contribution in [0.4, 0.5) is 0 Å². The molecule has 0 aromatic heterocycles. The van der Waals surface area contributed by atoms with Crippen molar-refractivity contribution in [1.82, 2.24) is 0 Å². The van der Waals surface area contributed by atoms with Gasteiger partial charge >= 0.3 is 5.97 Å². The van der Waals surface area contributed by atoms with Crippen molar-refractivity contribution in [3.05, 3.63) is 0 Å². The van der Waals surface area contributed by atoms with Crippen LogP contribution in [0.25, 0.3) is 0 Å². The highest BCUT2D eigenvalue weighted by atomic mass is 32.2. The van der Waals surface area contributed by atoms with Gasteiger partial charge in [-0.05, 0) is 19.8 Å². The molecule has 0 amide bonds. The molecule has 0 saturated carbocycles. The van der Waals surface area contributed by atoms with Crippen LogP contribution in [0.3, 0.4) is 0 Å². The Labute approximate surface area is 119 Å². The maximum atomic E-state index is 11.6. The molecule has 3 N–H and O–H groups in total. The lowest BCUT2D eigenvalue weighted by molar-refractivity contribution is -0.136. The van der Waals surface area contributed by atoms with Gasteiger partial charge in [-0.25, -0.2) is 8.42 Å². The topological polar surface area (TPSA) is 121 Å². The third kappa shape index (κ3) is 5.74. The van der Waals surface area contributed by atoms with E-state index in [1.807, 2.05) is 6.92 Å². The van der Waals surface area contributed by atoms with E-state index in [0.717, 1.165) is 6.92 Å². The Morgan fingerprint density at radius 3 is 2.25 bits per heavy atom. The van der Waals surface area contributed by atoms with Crippen LogP contribution >= 0.6 is 0 Å². The molecule has 0 saturated heterocycles. The molecule has 0 aromatic rings. The van der Waals surface area contributed by atoms with Gasteiger partial charge in [0, 0.05) is 12.0 Å². The Morgan fingerprint density at radius 2 is 1.85 bits per heavy atom. The summed E-state index contributed by atoms with van der Waals surface area (Å²) < 4.78 is 28.4. The molecule has 0 radical (unpaired) electrons. The number of rotatable bonds is 11. The maximum Gasteiger partial charge on any atom is 0.321 e. The van der Waals surface area contributed by atoms with E-state index in [1.165, 1.54) is 0 Å². The zero-order chi connectivity index (χ0) is 15.8. The molecular weight excluding hydrogens is 288 g/mol. The summed E-state index contributed by atoms with van der Waals surface area (Å²) in [6, 6.07) is 0. The third-order valence-corrected chi connectivity index (χ3v) is 5.57. The summed E-state index contributed by atoms with van der Waals surface area (Å²) in [6.45, 7) is 2.79.